The molecule has 2 rings (SSSR count). The van der Waals surface area contributed by atoms with Crippen molar-refractivity contribution in [2.75, 3.05) is 6.54 Å². The number of nitrogens with one attached hydrogen (secondary N) is 1. The van der Waals surface area contributed by atoms with Crippen LogP contribution in [0.1, 0.15) is 13.8 Å². The van der Waals surface area contributed by atoms with E-state index in [2.05, 4.69) is 5.32 Å². The molecule has 1 aromatic carbocycles. The Morgan fingerprint density at radius 3 is 2.83 bits per heavy atom. The van der Waals surface area contributed by atoms with Gasteiger partial charge in [-0.2, -0.15) is 0 Å². The average molecular weight is 250 g/mol. The Labute approximate surface area is 105 Å². The molecular weight excluding hydrogens is 232 g/mol. The van der Waals surface area contributed by atoms with E-state index in [9.17, 15) is 9.90 Å². The molecule has 5 nitrogen and oxygen atoms in total. The first kappa shape index (κ1) is 12.9. The molecule has 0 saturated carbocycles. The van der Waals surface area contributed by atoms with Gasteiger partial charge in [-0.3, -0.25) is 4.57 Å². The van der Waals surface area contributed by atoms with Gasteiger partial charge in [0.25, 0.3) is 0 Å². The lowest BCUT2D eigenvalue weighted by Crippen LogP contribution is -2.35. The highest BCUT2D eigenvalue weighted by Gasteiger charge is 2.12. The average Bonchev–Trinajstić information content (AvgIpc) is 2.64. The Morgan fingerprint density at radius 1 is 1.39 bits per heavy atom. The quantitative estimate of drug-likeness (QED) is 0.829. The van der Waals surface area contributed by atoms with E-state index in [1.807, 2.05) is 32.0 Å². The molecule has 0 spiro atoms. The third kappa shape index (κ3) is 2.80. The van der Waals surface area contributed by atoms with Crippen LogP contribution in [0.4, 0.5) is 0 Å². The van der Waals surface area contributed by atoms with Gasteiger partial charge in [0.2, 0.25) is 0 Å². The highest BCUT2D eigenvalue weighted by atomic mass is 16.4. The first-order valence-corrected chi connectivity index (χ1v) is 6.07. The normalized spacial score (nSPS) is 13.3. The topological polar surface area (TPSA) is 67.4 Å². The molecule has 1 unspecified atom stereocenters. The number of aromatic nitrogens is 1. The first-order valence-electron chi connectivity index (χ1n) is 6.07. The third-order valence-electron chi connectivity index (χ3n) is 2.73. The molecular formula is C13H18N2O3. The van der Waals surface area contributed by atoms with E-state index >= 15 is 0 Å². The highest BCUT2D eigenvalue weighted by molar-refractivity contribution is 5.72. The number of hydrogen-bond donors (Lipinski definition) is 2. The summed E-state index contributed by atoms with van der Waals surface area (Å²) in [6.45, 7) is 4.69. The van der Waals surface area contributed by atoms with Crippen molar-refractivity contribution in [2.24, 2.45) is 0 Å². The summed E-state index contributed by atoms with van der Waals surface area (Å²) in [4.78, 5) is 11.7. The number of hydrogen-bond acceptors (Lipinski definition) is 4. The lowest BCUT2D eigenvalue weighted by atomic mass is 10.3. The van der Waals surface area contributed by atoms with Crippen molar-refractivity contribution in [2.45, 2.75) is 32.5 Å². The summed E-state index contributed by atoms with van der Waals surface area (Å²) in [5, 5.41) is 13.0. The van der Waals surface area contributed by atoms with Crippen molar-refractivity contribution >= 4 is 11.1 Å². The monoisotopic (exact) mass is 250 g/mol. The summed E-state index contributed by atoms with van der Waals surface area (Å²) in [5.74, 6) is -0.431. The molecule has 5 heteroatoms. The Kier molecular flexibility index (Phi) is 3.84. The van der Waals surface area contributed by atoms with Crippen LogP contribution in [0.3, 0.4) is 0 Å². The minimum Gasteiger partial charge on any atom is -0.408 e. The van der Waals surface area contributed by atoms with Gasteiger partial charge in [-0.15, -0.1) is 0 Å². The lowest BCUT2D eigenvalue weighted by Gasteiger charge is -2.14. The van der Waals surface area contributed by atoms with Gasteiger partial charge in [0.15, 0.2) is 5.58 Å². The summed E-state index contributed by atoms with van der Waals surface area (Å²) in [7, 11) is 0. The lowest BCUT2D eigenvalue weighted by molar-refractivity contribution is 0.147. The molecule has 0 saturated heterocycles. The predicted molar refractivity (Wildman–Crippen MR) is 69.6 cm³/mol. The maximum atomic E-state index is 11.7. The van der Waals surface area contributed by atoms with Crippen LogP contribution in [0.2, 0.25) is 0 Å². The Balaban J connectivity index is 2.16. The summed E-state index contributed by atoms with van der Waals surface area (Å²) < 4.78 is 6.56. The second-order valence-electron chi connectivity index (χ2n) is 4.66. The van der Waals surface area contributed by atoms with Crippen LogP contribution in [0, 0.1) is 0 Å². The smallest absolute Gasteiger partial charge is 0.408 e. The van der Waals surface area contributed by atoms with Gasteiger partial charge in [0.05, 0.1) is 18.2 Å². The van der Waals surface area contributed by atoms with Crippen LogP contribution in [-0.2, 0) is 6.54 Å². The number of fused-ring (bicyclic) bond motifs is 1. The van der Waals surface area contributed by atoms with Crippen LogP contribution >= 0.6 is 0 Å². The molecule has 2 aromatic rings. The molecule has 0 fully saturated rings. The van der Waals surface area contributed by atoms with Crippen molar-refractivity contribution in [3.63, 3.8) is 0 Å². The van der Waals surface area contributed by atoms with E-state index < -0.39 is 11.9 Å². The van der Waals surface area contributed by atoms with Gasteiger partial charge >= 0.3 is 5.76 Å². The highest BCUT2D eigenvalue weighted by Crippen LogP contribution is 2.11. The first-order chi connectivity index (χ1) is 8.58. The van der Waals surface area contributed by atoms with Crippen LogP contribution in [-0.4, -0.2) is 28.4 Å². The summed E-state index contributed by atoms with van der Waals surface area (Å²) in [6, 6.07) is 7.51. The van der Waals surface area contributed by atoms with E-state index in [1.165, 1.54) is 4.57 Å². The Bertz CT molecular complexity index is 571. The zero-order valence-electron chi connectivity index (χ0n) is 10.6. The van der Waals surface area contributed by atoms with Gasteiger partial charge in [-0.05, 0) is 12.1 Å². The maximum absolute atomic E-state index is 11.7. The molecule has 98 valence electrons. The Morgan fingerprint density at radius 2 is 2.11 bits per heavy atom. The molecule has 0 radical (unpaired) electrons. The van der Waals surface area contributed by atoms with Crippen molar-refractivity contribution in [1.29, 1.82) is 0 Å². The van der Waals surface area contributed by atoms with Crippen LogP contribution in [0.5, 0.6) is 0 Å². The predicted octanol–water partition coefficient (Wildman–Crippen LogP) is 0.953. The number of nitrogens with zero attached hydrogens (tertiary/aromatic N) is 1. The summed E-state index contributed by atoms with van der Waals surface area (Å²) in [6.07, 6.45) is -0.619. The largest absolute Gasteiger partial charge is 0.420 e. The number of aliphatic hydroxyl groups is 1. The second-order valence-corrected chi connectivity index (χ2v) is 4.66. The third-order valence-corrected chi connectivity index (χ3v) is 2.73. The molecule has 1 heterocycles. The molecule has 1 atom stereocenters. The molecule has 0 aliphatic heterocycles. The molecule has 0 aliphatic rings. The fourth-order valence-corrected chi connectivity index (χ4v) is 1.83. The van der Waals surface area contributed by atoms with Gasteiger partial charge < -0.3 is 14.8 Å². The zero-order chi connectivity index (χ0) is 13.1. The minimum absolute atomic E-state index is 0.232. The fourth-order valence-electron chi connectivity index (χ4n) is 1.83. The number of para-hydroxylation sites is 2. The SMILES string of the molecule is CC(C)NCC(O)Cn1c(=O)oc2ccccc21. The van der Waals surface area contributed by atoms with Crippen LogP contribution in [0.15, 0.2) is 33.5 Å². The van der Waals surface area contributed by atoms with Gasteiger partial charge in [0, 0.05) is 12.6 Å². The van der Waals surface area contributed by atoms with Gasteiger partial charge in [-0.25, -0.2) is 4.79 Å². The molecule has 18 heavy (non-hydrogen) atoms. The number of rotatable bonds is 5. The number of benzene rings is 1. The second kappa shape index (κ2) is 5.37. The van der Waals surface area contributed by atoms with Crippen molar-refractivity contribution in [3.8, 4) is 0 Å². The van der Waals surface area contributed by atoms with E-state index in [0.717, 1.165) is 0 Å². The zero-order valence-corrected chi connectivity index (χ0v) is 10.6. The molecule has 0 bridgehead atoms. The summed E-state index contributed by atoms with van der Waals surface area (Å²) >= 11 is 0. The van der Waals surface area contributed by atoms with Crippen LogP contribution in [0.25, 0.3) is 11.1 Å². The molecule has 1 aromatic heterocycles. The number of oxazole rings is 1. The van der Waals surface area contributed by atoms with Gasteiger partial charge in [-0.1, -0.05) is 26.0 Å². The van der Waals surface area contributed by atoms with Crippen molar-refractivity contribution in [3.05, 3.63) is 34.8 Å². The van der Waals surface area contributed by atoms with E-state index in [-0.39, 0.29) is 6.54 Å². The van der Waals surface area contributed by atoms with Crippen LogP contribution < -0.4 is 11.1 Å². The molecule has 0 amide bonds. The number of aliphatic hydroxyl groups excluding tert-OH is 1. The van der Waals surface area contributed by atoms with Gasteiger partial charge in [0.1, 0.15) is 0 Å². The molecule has 2 N–H and O–H groups in total. The molecule has 0 aliphatic carbocycles. The van der Waals surface area contributed by atoms with E-state index in [1.54, 1.807) is 6.07 Å². The maximum Gasteiger partial charge on any atom is 0.420 e. The van der Waals surface area contributed by atoms with E-state index in [0.29, 0.717) is 23.7 Å². The van der Waals surface area contributed by atoms with E-state index in [4.69, 9.17) is 4.42 Å². The summed E-state index contributed by atoms with van der Waals surface area (Å²) in [5.41, 5.74) is 1.26. The van der Waals surface area contributed by atoms with Crippen molar-refractivity contribution in [1.82, 2.24) is 9.88 Å². The fraction of sp³-hybridized carbons (Fsp3) is 0.462. The standard InChI is InChI=1S/C13H18N2O3/c1-9(2)14-7-10(16)8-15-11-5-3-4-6-12(11)18-13(15)17/h3-6,9-10,14,16H,7-8H2,1-2H3. The van der Waals surface area contributed by atoms with Crippen molar-refractivity contribution < 1.29 is 9.52 Å². The minimum atomic E-state index is -0.619. The Hall–Kier alpha value is -1.59.